The molecular formula is C20H28N4O4. The van der Waals surface area contributed by atoms with Crippen LogP contribution in [-0.2, 0) is 20.7 Å². The molecule has 152 valence electrons. The lowest BCUT2D eigenvalue weighted by Gasteiger charge is -2.29. The number of carbonyl (C=O) groups excluding carboxylic acids is 3. The van der Waals surface area contributed by atoms with Crippen molar-refractivity contribution in [1.82, 2.24) is 15.6 Å². The van der Waals surface area contributed by atoms with Gasteiger partial charge in [0.15, 0.2) is 0 Å². The van der Waals surface area contributed by atoms with E-state index in [9.17, 15) is 14.4 Å². The zero-order valence-electron chi connectivity index (χ0n) is 16.9. The van der Waals surface area contributed by atoms with Crippen LogP contribution < -0.4 is 16.4 Å². The van der Waals surface area contributed by atoms with E-state index < -0.39 is 35.1 Å². The summed E-state index contributed by atoms with van der Waals surface area (Å²) in [5.41, 5.74) is 5.30. The molecule has 28 heavy (non-hydrogen) atoms. The summed E-state index contributed by atoms with van der Waals surface area (Å²) >= 11 is 0. The van der Waals surface area contributed by atoms with Crippen molar-refractivity contribution in [3.05, 3.63) is 36.0 Å². The number of carbonyl (C=O) groups is 3. The molecule has 5 N–H and O–H groups in total. The quantitative estimate of drug-likeness (QED) is 0.603. The number of nitrogens with one attached hydrogen (secondary N) is 3. The standard InChI is InChI=1S/C20H28N4O4/c1-19(2,3)28-18(27)24-20(4,5)17(26)23-15(16(21)25)10-12-11-22-14-9-7-6-8-13(12)14/h6-9,11,15,22H,10H2,1-5H3,(H2,21,25)(H,23,26)(H,24,27)/t15-/m1/s1. The molecule has 0 fully saturated rings. The molecule has 0 aliphatic carbocycles. The van der Waals surface area contributed by atoms with Gasteiger partial charge in [-0.3, -0.25) is 9.59 Å². The normalized spacial score (nSPS) is 13.0. The van der Waals surface area contributed by atoms with Crippen molar-refractivity contribution in [2.45, 2.75) is 58.2 Å². The smallest absolute Gasteiger partial charge is 0.408 e. The Morgan fingerprint density at radius 2 is 1.79 bits per heavy atom. The maximum atomic E-state index is 12.7. The lowest BCUT2D eigenvalue weighted by atomic mass is 10.0. The first-order chi connectivity index (χ1) is 12.9. The maximum Gasteiger partial charge on any atom is 0.408 e. The van der Waals surface area contributed by atoms with Crippen LogP contribution >= 0.6 is 0 Å². The summed E-state index contributed by atoms with van der Waals surface area (Å²) in [5, 5.41) is 6.10. The third-order valence-corrected chi connectivity index (χ3v) is 4.13. The minimum atomic E-state index is -1.30. The number of ether oxygens (including phenoxy) is 1. The third-order valence-electron chi connectivity index (χ3n) is 4.13. The van der Waals surface area contributed by atoms with Crippen LogP contribution in [0.2, 0.25) is 0 Å². The molecule has 0 aliphatic heterocycles. The van der Waals surface area contributed by atoms with Gasteiger partial charge < -0.3 is 26.1 Å². The molecule has 8 heteroatoms. The van der Waals surface area contributed by atoms with Crippen LogP contribution in [-0.4, -0.2) is 40.1 Å². The fourth-order valence-electron chi connectivity index (χ4n) is 2.70. The van der Waals surface area contributed by atoms with Gasteiger partial charge in [-0.05, 0) is 46.2 Å². The summed E-state index contributed by atoms with van der Waals surface area (Å²) in [6, 6.07) is 6.72. The van der Waals surface area contributed by atoms with Crippen LogP contribution in [0.15, 0.2) is 30.5 Å². The minimum absolute atomic E-state index is 0.230. The molecule has 0 aliphatic rings. The summed E-state index contributed by atoms with van der Waals surface area (Å²) in [6.45, 7) is 8.23. The number of aromatic nitrogens is 1. The molecule has 1 aromatic heterocycles. The van der Waals surface area contributed by atoms with E-state index in [1.807, 2.05) is 24.3 Å². The number of rotatable bonds is 6. The van der Waals surface area contributed by atoms with E-state index in [0.717, 1.165) is 16.5 Å². The van der Waals surface area contributed by atoms with Crippen LogP contribution in [0, 0.1) is 0 Å². The zero-order chi connectivity index (χ0) is 21.1. The van der Waals surface area contributed by atoms with Crippen molar-refractivity contribution >= 4 is 28.8 Å². The molecule has 8 nitrogen and oxygen atoms in total. The second kappa shape index (κ2) is 7.92. The molecule has 0 saturated heterocycles. The van der Waals surface area contributed by atoms with Gasteiger partial charge in [-0.2, -0.15) is 0 Å². The summed E-state index contributed by atoms with van der Waals surface area (Å²) in [5.74, 6) is -1.20. The molecule has 0 radical (unpaired) electrons. The number of nitrogens with two attached hydrogens (primary N) is 1. The Kier molecular flexibility index (Phi) is 6.01. The van der Waals surface area contributed by atoms with Crippen LogP contribution in [0.3, 0.4) is 0 Å². The average molecular weight is 388 g/mol. The Hall–Kier alpha value is -3.03. The average Bonchev–Trinajstić information content (AvgIpc) is 2.94. The number of primary amides is 1. The Morgan fingerprint density at radius 3 is 2.39 bits per heavy atom. The van der Waals surface area contributed by atoms with E-state index in [1.54, 1.807) is 27.0 Å². The van der Waals surface area contributed by atoms with Gasteiger partial charge in [0.1, 0.15) is 17.2 Å². The first kappa shape index (κ1) is 21.3. The molecule has 0 unspecified atom stereocenters. The van der Waals surface area contributed by atoms with Gasteiger partial charge in [0.25, 0.3) is 0 Å². The van der Waals surface area contributed by atoms with E-state index in [0.29, 0.717) is 0 Å². The van der Waals surface area contributed by atoms with Crippen molar-refractivity contribution in [2.75, 3.05) is 0 Å². The van der Waals surface area contributed by atoms with Gasteiger partial charge in [0, 0.05) is 23.5 Å². The number of benzene rings is 1. The van der Waals surface area contributed by atoms with Gasteiger partial charge in [-0.25, -0.2) is 4.79 Å². The summed E-state index contributed by atoms with van der Waals surface area (Å²) < 4.78 is 5.18. The minimum Gasteiger partial charge on any atom is -0.444 e. The first-order valence-electron chi connectivity index (χ1n) is 9.05. The second-order valence-electron chi connectivity index (χ2n) is 8.24. The molecule has 1 heterocycles. The lowest BCUT2D eigenvalue weighted by Crippen LogP contribution is -2.59. The van der Waals surface area contributed by atoms with Gasteiger partial charge >= 0.3 is 6.09 Å². The van der Waals surface area contributed by atoms with Crippen LogP contribution in [0.1, 0.15) is 40.2 Å². The molecule has 0 spiro atoms. The van der Waals surface area contributed by atoms with Crippen molar-refractivity contribution in [2.24, 2.45) is 5.73 Å². The van der Waals surface area contributed by atoms with E-state index in [1.165, 1.54) is 13.8 Å². The van der Waals surface area contributed by atoms with E-state index in [2.05, 4.69) is 15.6 Å². The molecule has 2 rings (SSSR count). The largest absolute Gasteiger partial charge is 0.444 e. The fourth-order valence-corrected chi connectivity index (χ4v) is 2.70. The zero-order valence-corrected chi connectivity index (χ0v) is 16.9. The Morgan fingerprint density at radius 1 is 1.14 bits per heavy atom. The molecule has 0 bridgehead atoms. The molecule has 1 aromatic carbocycles. The number of amides is 3. The predicted octanol–water partition coefficient (Wildman–Crippen LogP) is 1.98. The monoisotopic (exact) mass is 388 g/mol. The van der Waals surface area contributed by atoms with Crippen LogP contribution in [0.4, 0.5) is 4.79 Å². The molecule has 0 saturated carbocycles. The van der Waals surface area contributed by atoms with Crippen molar-refractivity contribution < 1.29 is 19.1 Å². The SMILES string of the molecule is CC(C)(C)OC(=O)NC(C)(C)C(=O)N[C@H](Cc1c[nH]c2ccccc12)C(N)=O. The fraction of sp³-hybridized carbons (Fsp3) is 0.450. The topological polar surface area (TPSA) is 126 Å². The summed E-state index contributed by atoms with van der Waals surface area (Å²) in [7, 11) is 0. The predicted molar refractivity (Wildman–Crippen MR) is 107 cm³/mol. The summed E-state index contributed by atoms with van der Waals surface area (Å²) in [6.07, 6.45) is 1.30. The van der Waals surface area contributed by atoms with E-state index in [4.69, 9.17) is 10.5 Å². The molecule has 3 amide bonds. The number of H-pyrrole nitrogens is 1. The van der Waals surface area contributed by atoms with Gasteiger partial charge in [-0.1, -0.05) is 18.2 Å². The molecule has 1 atom stereocenters. The Bertz CT molecular complexity index is 880. The van der Waals surface area contributed by atoms with Crippen molar-refractivity contribution in [3.63, 3.8) is 0 Å². The van der Waals surface area contributed by atoms with Crippen molar-refractivity contribution in [1.29, 1.82) is 0 Å². The summed E-state index contributed by atoms with van der Waals surface area (Å²) in [4.78, 5) is 39.7. The lowest BCUT2D eigenvalue weighted by molar-refractivity contribution is -0.130. The Labute approximate surface area is 164 Å². The number of hydrogen-bond acceptors (Lipinski definition) is 4. The van der Waals surface area contributed by atoms with Crippen LogP contribution in [0.25, 0.3) is 10.9 Å². The number of alkyl carbamates (subject to hydrolysis) is 1. The molecule has 2 aromatic rings. The third kappa shape index (κ3) is 5.48. The number of hydrogen-bond donors (Lipinski definition) is 4. The van der Waals surface area contributed by atoms with E-state index >= 15 is 0 Å². The van der Waals surface area contributed by atoms with Crippen LogP contribution in [0.5, 0.6) is 0 Å². The maximum absolute atomic E-state index is 12.7. The van der Waals surface area contributed by atoms with Gasteiger partial charge in [0.05, 0.1) is 0 Å². The van der Waals surface area contributed by atoms with Gasteiger partial charge in [-0.15, -0.1) is 0 Å². The highest BCUT2D eigenvalue weighted by atomic mass is 16.6. The van der Waals surface area contributed by atoms with Crippen molar-refractivity contribution in [3.8, 4) is 0 Å². The number of para-hydroxylation sites is 1. The highest BCUT2D eigenvalue weighted by molar-refractivity contribution is 5.93. The number of fused-ring (bicyclic) bond motifs is 1. The Balaban J connectivity index is 2.09. The highest BCUT2D eigenvalue weighted by Gasteiger charge is 2.34. The van der Waals surface area contributed by atoms with E-state index in [-0.39, 0.29) is 6.42 Å². The highest BCUT2D eigenvalue weighted by Crippen LogP contribution is 2.19. The second-order valence-corrected chi connectivity index (χ2v) is 8.24. The molecular weight excluding hydrogens is 360 g/mol. The van der Waals surface area contributed by atoms with Gasteiger partial charge in [0.2, 0.25) is 11.8 Å². The number of aromatic amines is 1. The first-order valence-corrected chi connectivity index (χ1v) is 9.05.